The number of amides is 1. The van der Waals surface area contributed by atoms with Crippen LogP contribution in [0.15, 0.2) is 45.8 Å². The molecule has 2 aromatic carbocycles. The van der Waals surface area contributed by atoms with Gasteiger partial charge in [0, 0.05) is 16.6 Å². The highest BCUT2D eigenvalue weighted by Crippen LogP contribution is 2.41. The fourth-order valence-electron chi connectivity index (χ4n) is 2.62. The molecule has 1 fully saturated rings. The number of non-ortho nitro benzene ring substituents is 1. The molecule has 4 rings (SSSR count). The van der Waals surface area contributed by atoms with Crippen LogP contribution in [0.25, 0.3) is 6.08 Å². The maximum absolute atomic E-state index is 12.9. The zero-order valence-electron chi connectivity index (χ0n) is 13.4. The molecular formula is C17H9BrN2O5S2. The summed E-state index contributed by atoms with van der Waals surface area (Å²) in [5.41, 5.74) is 0.989. The van der Waals surface area contributed by atoms with E-state index in [0.717, 1.165) is 21.8 Å². The van der Waals surface area contributed by atoms with Crippen molar-refractivity contribution in [3.8, 4) is 11.5 Å². The molecule has 7 nitrogen and oxygen atoms in total. The summed E-state index contributed by atoms with van der Waals surface area (Å²) in [6.07, 6.45) is 1.70. The predicted molar refractivity (Wildman–Crippen MR) is 109 cm³/mol. The maximum Gasteiger partial charge on any atom is 0.271 e. The molecule has 2 aliphatic rings. The second-order valence-electron chi connectivity index (χ2n) is 5.52. The van der Waals surface area contributed by atoms with Gasteiger partial charge in [0.25, 0.3) is 11.6 Å². The van der Waals surface area contributed by atoms with Gasteiger partial charge in [-0.15, -0.1) is 0 Å². The van der Waals surface area contributed by atoms with Crippen molar-refractivity contribution < 1.29 is 19.2 Å². The molecule has 2 aromatic rings. The number of rotatable bonds is 3. The number of halogens is 1. The minimum absolute atomic E-state index is 0.107. The Morgan fingerprint density at radius 3 is 2.74 bits per heavy atom. The fraction of sp³-hybridized carbons (Fsp3) is 0.0588. The SMILES string of the molecule is O=C1/C(=C/c2cc3c(cc2Br)OCO3)SC(=S)N1c1cccc([N+](=O)[O-])c1. The number of hydrogen-bond acceptors (Lipinski definition) is 7. The number of hydrogen-bond donors (Lipinski definition) is 0. The number of nitrogens with zero attached hydrogens (tertiary/aromatic N) is 2. The summed E-state index contributed by atoms with van der Waals surface area (Å²) in [5.74, 6) is 0.886. The van der Waals surface area contributed by atoms with Gasteiger partial charge in [-0.05, 0) is 29.8 Å². The summed E-state index contributed by atoms with van der Waals surface area (Å²) in [7, 11) is 0. The van der Waals surface area contributed by atoms with Crippen LogP contribution in [0.4, 0.5) is 11.4 Å². The van der Waals surface area contributed by atoms with E-state index in [1.54, 1.807) is 24.3 Å². The number of benzene rings is 2. The number of fused-ring (bicyclic) bond motifs is 1. The molecule has 0 radical (unpaired) electrons. The summed E-state index contributed by atoms with van der Waals surface area (Å²) in [4.78, 5) is 25.0. The molecule has 0 bridgehead atoms. The first-order valence-corrected chi connectivity index (χ1v) is 9.57. The van der Waals surface area contributed by atoms with Crippen molar-refractivity contribution in [2.45, 2.75) is 0 Å². The number of ether oxygens (including phenoxy) is 2. The molecule has 1 amide bonds. The molecule has 10 heteroatoms. The molecule has 0 aliphatic carbocycles. The minimum atomic E-state index is -0.513. The van der Waals surface area contributed by atoms with Gasteiger partial charge in [-0.3, -0.25) is 19.8 Å². The third-order valence-electron chi connectivity index (χ3n) is 3.87. The smallest absolute Gasteiger partial charge is 0.271 e. The van der Waals surface area contributed by atoms with Crippen LogP contribution in [-0.2, 0) is 4.79 Å². The highest BCUT2D eigenvalue weighted by Gasteiger charge is 2.34. The average molecular weight is 465 g/mol. The van der Waals surface area contributed by atoms with Gasteiger partial charge in [-0.2, -0.15) is 0 Å². The summed E-state index contributed by atoms with van der Waals surface area (Å²) >= 11 is 9.90. The lowest BCUT2D eigenvalue weighted by atomic mass is 10.2. The van der Waals surface area contributed by atoms with Gasteiger partial charge in [0.2, 0.25) is 6.79 Å². The van der Waals surface area contributed by atoms with Crippen LogP contribution in [0.2, 0.25) is 0 Å². The van der Waals surface area contributed by atoms with E-state index in [1.165, 1.54) is 23.1 Å². The van der Waals surface area contributed by atoms with Gasteiger partial charge < -0.3 is 9.47 Å². The molecule has 136 valence electrons. The molecule has 0 N–H and O–H groups in total. The zero-order valence-corrected chi connectivity index (χ0v) is 16.6. The second-order valence-corrected chi connectivity index (χ2v) is 8.05. The first-order chi connectivity index (χ1) is 12.9. The topological polar surface area (TPSA) is 81.9 Å². The maximum atomic E-state index is 12.9. The molecule has 1 saturated heterocycles. The predicted octanol–water partition coefficient (Wildman–Crippen LogP) is 4.49. The summed E-state index contributed by atoms with van der Waals surface area (Å²) in [5, 5.41) is 11.0. The van der Waals surface area contributed by atoms with Crippen LogP contribution < -0.4 is 14.4 Å². The first kappa shape index (κ1) is 18.0. The van der Waals surface area contributed by atoms with Crippen molar-refractivity contribution in [2.75, 3.05) is 11.7 Å². The number of carbonyl (C=O) groups is 1. The second kappa shape index (κ2) is 6.95. The Labute approximate surface area is 171 Å². The number of thioether (sulfide) groups is 1. The molecule has 0 unspecified atom stereocenters. The summed E-state index contributed by atoms with van der Waals surface area (Å²) < 4.78 is 11.7. The van der Waals surface area contributed by atoms with Crippen LogP contribution in [0.1, 0.15) is 5.56 Å². The van der Waals surface area contributed by atoms with E-state index in [-0.39, 0.29) is 18.4 Å². The Morgan fingerprint density at radius 1 is 1.26 bits per heavy atom. The zero-order chi connectivity index (χ0) is 19.1. The van der Waals surface area contributed by atoms with Gasteiger partial charge in [-0.25, -0.2) is 0 Å². The van der Waals surface area contributed by atoms with Crippen molar-refractivity contribution in [1.29, 1.82) is 0 Å². The van der Waals surface area contributed by atoms with E-state index in [1.807, 2.05) is 0 Å². The molecule has 0 saturated carbocycles. The van der Waals surface area contributed by atoms with E-state index in [9.17, 15) is 14.9 Å². The molecule has 0 aromatic heterocycles. The standard InChI is InChI=1S/C17H9BrN2O5S2/c18-12-7-14-13(24-8-25-14)4-9(12)5-15-16(21)19(17(26)27-15)10-2-1-3-11(6-10)20(22)23/h1-7H,8H2/b15-5-. The number of nitro benzene ring substituents is 1. The lowest BCUT2D eigenvalue weighted by molar-refractivity contribution is -0.384. The first-order valence-electron chi connectivity index (χ1n) is 7.55. The third-order valence-corrected chi connectivity index (χ3v) is 5.86. The monoisotopic (exact) mass is 464 g/mol. The highest BCUT2D eigenvalue weighted by molar-refractivity contribution is 9.10. The van der Waals surface area contributed by atoms with Crippen molar-refractivity contribution in [1.82, 2.24) is 0 Å². The van der Waals surface area contributed by atoms with Crippen molar-refractivity contribution in [2.24, 2.45) is 0 Å². The van der Waals surface area contributed by atoms with E-state index in [2.05, 4.69) is 15.9 Å². The Hall–Kier alpha value is -2.43. The molecule has 27 heavy (non-hydrogen) atoms. The minimum Gasteiger partial charge on any atom is -0.454 e. The van der Waals surface area contributed by atoms with Crippen LogP contribution in [0, 0.1) is 10.1 Å². The molecule has 2 heterocycles. The normalized spacial score (nSPS) is 17.1. The Balaban J connectivity index is 1.68. The highest BCUT2D eigenvalue weighted by atomic mass is 79.9. The third kappa shape index (κ3) is 3.31. The van der Waals surface area contributed by atoms with Crippen LogP contribution in [-0.4, -0.2) is 21.9 Å². The van der Waals surface area contributed by atoms with Gasteiger partial charge in [0.1, 0.15) is 0 Å². The molecule has 2 aliphatic heterocycles. The van der Waals surface area contributed by atoms with Gasteiger partial charge in [0.05, 0.1) is 15.5 Å². The largest absolute Gasteiger partial charge is 0.454 e. The number of thiocarbonyl (C=S) groups is 1. The number of nitro groups is 1. The lowest BCUT2D eigenvalue weighted by Gasteiger charge is -2.14. The van der Waals surface area contributed by atoms with Crippen molar-refractivity contribution in [3.05, 3.63) is 61.5 Å². The fourth-order valence-corrected chi connectivity index (χ4v) is 4.35. The quantitative estimate of drug-likeness (QED) is 0.286. The van der Waals surface area contributed by atoms with Gasteiger partial charge in [0.15, 0.2) is 15.8 Å². The van der Waals surface area contributed by atoms with Crippen LogP contribution in [0.3, 0.4) is 0 Å². The Morgan fingerprint density at radius 2 is 2.00 bits per heavy atom. The van der Waals surface area contributed by atoms with Gasteiger partial charge >= 0.3 is 0 Å². The Bertz CT molecular complexity index is 1040. The van der Waals surface area contributed by atoms with E-state index < -0.39 is 4.92 Å². The number of carbonyl (C=O) groups excluding carboxylic acids is 1. The molecular weight excluding hydrogens is 456 g/mol. The van der Waals surface area contributed by atoms with E-state index in [0.29, 0.717) is 26.4 Å². The molecule has 0 atom stereocenters. The number of anilines is 1. The van der Waals surface area contributed by atoms with Gasteiger partial charge in [-0.1, -0.05) is 46.0 Å². The summed E-state index contributed by atoms with van der Waals surface area (Å²) in [6, 6.07) is 9.36. The van der Waals surface area contributed by atoms with Crippen LogP contribution >= 0.6 is 39.9 Å². The van der Waals surface area contributed by atoms with Crippen molar-refractivity contribution in [3.63, 3.8) is 0 Å². The average Bonchev–Trinajstić information content (AvgIpc) is 3.19. The van der Waals surface area contributed by atoms with Crippen LogP contribution in [0.5, 0.6) is 11.5 Å². The van der Waals surface area contributed by atoms with E-state index >= 15 is 0 Å². The lowest BCUT2D eigenvalue weighted by Crippen LogP contribution is -2.27. The molecule has 0 spiro atoms. The Kier molecular flexibility index (Phi) is 4.62. The van der Waals surface area contributed by atoms with Crippen molar-refractivity contribution >= 4 is 67.6 Å². The summed E-state index contributed by atoms with van der Waals surface area (Å²) in [6.45, 7) is 0.153. The van der Waals surface area contributed by atoms with E-state index in [4.69, 9.17) is 21.7 Å².